The fraction of sp³-hybridized carbons (Fsp3) is 0. The van der Waals surface area contributed by atoms with Gasteiger partial charge in [0, 0.05) is 14.9 Å². The molecule has 0 saturated heterocycles. The molecule has 0 unspecified atom stereocenters. The Morgan fingerprint density at radius 3 is 2.93 bits per heavy atom. The van der Waals surface area contributed by atoms with Gasteiger partial charge < -0.3 is 0 Å². The average Bonchev–Trinajstić information content (AvgIpc) is 2.71. The van der Waals surface area contributed by atoms with Crippen LogP contribution >= 0.6 is 39.2 Å². The van der Waals surface area contributed by atoms with Crippen molar-refractivity contribution in [2.75, 3.05) is 0 Å². The van der Waals surface area contributed by atoms with Crippen LogP contribution in [-0.4, -0.2) is 15.6 Å². The summed E-state index contributed by atoms with van der Waals surface area (Å²) in [6, 6.07) is 5.57. The largest absolute Gasteiger partial charge is 0.298 e. The SMILES string of the molecule is O=Cc1ccc(Sc2ncns2)cc1Br. The van der Waals surface area contributed by atoms with Crippen LogP contribution in [0.1, 0.15) is 10.4 Å². The molecule has 0 N–H and O–H groups in total. The van der Waals surface area contributed by atoms with Crippen molar-refractivity contribution in [3.8, 4) is 0 Å². The van der Waals surface area contributed by atoms with E-state index in [1.54, 1.807) is 6.07 Å². The first kappa shape index (κ1) is 10.8. The third kappa shape index (κ3) is 2.64. The Balaban J connectivity index is 2.23. The Morgan fingerprint density at radius 2 is 2.33 bits per heavy atom. The summed E-state index contributed by atoms with van der Waals surface area (Å²) in [5.74, 6) is 0. The zero-order chi connectivity index (χ0) is 10.7. The molecule has 0 fully saturated rings. The van der Waals surface area contributed by atoms with Crippen LogP contribution in [0, 0.1) is 0 Å². The lowest BCUT2D eigenvalue weighted by atomic mass is 10.2. The molecule has 76 valence electrons. The Bertz CT molecular complexity index is 473. The van der Waals surface area contributed by atoms with Crippen LogP contribution in [0.15, 0.2) is 38.2 Å². The zero-order valence-electron chi connectivity index (χ0n) is 7.38. The minimum atomic E-state index is 0.650. The molecule has 0 amide bonds. The topological polar surface area (TPSA) is 42.9 Å². The van der Waals surface area contributed by atoms with E-state index in [-0.39, 0.29) is 0 Å². The first-order chi connectivity index (χ1) is 7.29. The lowest BCUT2D eigenvalue weighted by Crippen LogP contribution is -1.82. The number of carbonyl (C=O) groups excluding carboxylic acids is 1. The highest BCUT2D eigenvalue weighted by Gasteiger charge is 2.03. The first-order valence-corrected chi connectivity index (χ1v) is 6.37. The fourth-order valence-electron chi connectivity index (χ4n) is 0.976. The summed E-state index contributed by atoms with van der Waals surface area (Å²) in [6.45, 7) is 0. The molecule has 0 aliphatic rings. The van der Waals surface area contributed by atoms with E-state index < -0.39 is 0 Å². The van der Waals surface area contributed by atoms with E-state index in [0.29, 0.717) is 5.56 Å². The molecule has 0 aliphatic carbocycles. The maximum atomic E-state index is 10.6. The van der Waals surface area contributed by atoms with Crippen molar-refractivity contribution in [3.63, 3.8) is 0 Å². The average molecular weight is 301 g/mol. The van der Waals surface area contributed by atoms with Gasteiger partial charge in [-0.25, -0.2) is 4.98 Å². The van der Waals surface area contributed by atoms with Gasteiger partial charge in [0.2, 0.25) is 0 Å². The number of aldehydes is 1. The second-order valence-corrected chi connectivity index (χ2v) is 5.57. The number of nitrogens with zero attached hydrogens (tertiary/aromatic N) is 2. The smallest absolute Gasteiger partial charge is 0.174 e. The van der Waals surface area contributed by atoms with Crippen molar-refractivity contribution >= 4 is 45.5 Å². The summed E-state index contributed by atoms with van der Waals surface area (Å²) < 4.78 is 5.60. The van der Waals surface area contributed by atoms with Crippen molar-refractivity contribution in [1.29, 1.82) is 0 Å². The van der Waals surface area contributed by atoms with E-state index in [4.69, 9.17) is 0 Å². The number of rotatable bonds is 3. The van der Waals surface area contributed by atoms with Crippen LogP contribution in [0.5, 0.6) is 0 Å². The van der Waals surface area contributed by atoms with E-state index >= 15 is 0 Å². The van der Waals surface area contributed by atoms with Crippen molar-refractivity contribution in [1.82, 2.24) is 9.36 Å². The second kappa shape index (κ2) is 4.87. The highest BCUT2D eigenvalue weighted by atomic mass is 79.9. The molecular formula is C9H5BrN2OS2. The maximum Gasteiger partial charge on any atom is 0.174 e. The van der Waals surface area contributed by atoms with Gasteiger partial charge in [-0.05, 0) is 29.7 Å². The first-order valence-electron chi connectivity index (χ1n) is 3.99. The fourth-order valence-corrected chi connectivity index (χ4v) is 3.06. The molecule has 2 rings (SSSR count). The molecule has 0 radical (unpaired) electrons. The van der Waals surface area contributed by atoms with E-state index in [2.05, 4.69) is 25.3 Å². The van der Waals surface area contributed by atoms with Gasteiger partial charge in [0.05, 0.1) is 0 Å². The summed E-state index contributed by atoms with van der Waals surface area (Å²) in [5, 5.41) is 0. The Morgan fingerprint density at radius 1 is 1.47 bits per heavy atom. The van der Waals surface area contributed by atoms with Crippen LogP contribution in [0.3, 0.4) is 0 Å². The minimum Gasteiger partial charge on any atom is -0.298 e. The van der Waals surface area contributed by atoms with E-state index in [0.717, 1.165) is 20.0 Å². The van der Waals surface area contributed by atoms with Crippen molar-refractivity contribution in [2.24, 2.45) is 0 Å². The molecule has 1 aromatic heterocycles. The molecule has 3 nitrogen and oxygen atoms in total. The molecule has 0 bridgehead atoms. The lowest BCUT2D eigenvalue weighted by Gasteiger charge is -2.00. The minimum absolute atomic E-state index is 0.650. The molecule has 15 heavy (non-hydrogen) atoms. The Labute approximate surface area is 103 Å². The quantitative estimate of drug-likeness (QED) is 0.816. The van der Waals surface area contributed by atoms with Crippen molar-refractivity contribution < 1.29 is 4.79 Å². The van der Waals surface area contributed by atoms with Crippen LogP contribution < -0.4 is 0 Å². The monoisotopic (exact) mass is 300 g/mol. The summed E-state index contributed by atoms with van der Waals surface area (Å²) in [6.07, 6.45) is 2.35. The number of benzene rings is 1. The number of hydrogen-bond donors (Lipinski definition) is 0. The van der Waals surface area contributed by atoms with Gasteiger partial charge in [-0.3, -0.25) is 4.79 Å². The molecule has 0 spiro atoms. The summed E-state index contributed by atoms with van der Waals surface area (Å²) in [7, 11) is 0. The third-order valence-corrected chi connectivity index (χ3v) is 4.04. The molecule has 0 atom stereocenters. The molecule has 2 aromatic rings. The van der Waals surface area contributed by atoms with Crippen LogP contribution in [0.2, 0.25) is 0 Å². The predicted molar refractivity (Wildman–Crippen MR) is 63.6 cm³/mol. The summed E-state index contributed by atoms with van der Waals surface area (Å²) in [5.41, 5.74) is 0.650. The molecule has 1 aromatic carbocycles. The van der Waals surface area contributed by atoms with Gasteiger partial charge in [0.1, 0.15) is 6.33 Å². The number of halogens is 1. The third-order valence-electron chi connectivity index (χ3n) is 1.65. The van der Waals surface area contributed by atoms with Gasteiger partial charge in [0.15, 0.2) is 10.6 Å². The van der Waals surface area contributed by atoms with E-state index in [1.165, 1.54) is 29.6 Å². The Hall–Kier alpha value is -0.720. The number of carbonyl (C=O) groups is 1. The van der Waals surface area contributed by atoms with Gasteiger partial charge in [-0.1, -0.05) is 27.7 Å². The highest BCUT2D eigenvalue weighted by molar-refractivity contribution is 9.10. The van der Waals surface area contributed by atoms with Gasteiger partial charge >= 0.3 is 0 Å². The van der Waals surface area contributed by atoms with Gasteiger partial charge in [0.25, 0.3) is 0 Å². The Kier molecular flexibility index (Phi) is 3.50. The van der Waals surface area contributed by atoms with Crippen LogP contribution in [0.25, 0.3) is 0 Å². The normalized spacial score (nSPS) is 10.2. The number of hydrogen-bond acceptors (Lipinski definition) is 5. The zero-order valence-corrected chi connectivity index (χ0v) is 10.6. The lowest BCUT2D eigenvalue weighted by molar-refractivity contribution is 0.112. The van der Waals surface area contributed by atoms with Gasteiger partial charge in [-0.2, -0.15) is 4.37 Å². The predicted octanol–water partition coefficient (Wildman–Crippen LogP) is 3.26. The van der Waals surface area contributed by atoms with Crippen molar-refractivity contribution in [2.45, 2.75) is 9.24 Å². The molecule has 0 aliphatic heterocycles. The molecule has 1 heterocycles. The molecular weight excluding hydrogens is 296 g/mol. The van der Waals surface area contributed by atoms with Crippen LogP contribution in [0.4, 0.5) is 0 Å². The standard InChI is InChI=1S/C9H5BrN2OS2/c10-8-3-7(2-1-6(8)4-13)14-9-11-5-12-15-9/h1-5H. The second-order valence-electron chi connectivity index (χ2n) is 2.61. The van der Waals surface area contributed by atoms with Gasteiger partial charge in [-0.15, -0.1) is 0 Å². The van der Waals surface area contributed by atoms with E-state index in [9.17, 15) is 4.79 Å². The van der Waals surface area contributed by atoms with Crippen molar-refractivity contribution in [3.05, 3.63) is 34.6 Å². The van der Waals surface area contributed by atoms with Crippen LogP contribution in [-0.2, 0) is 0 Å². The molecule has 6 heteroatoms. The molecule has 0 saturated carbocycles. The van der Waals surface area contributed by atoms with E-state index in [1.807, 2.05) is 12.1 Å². The summed E-state index contributed by atoms with van der Waals surface area (Å²) >= 11 is 6.21. The highest BCUT2D eigenvalue weighted by Crippen LogP contribution is 2.30. The summed E-state index contributed by atoms with van der Waals surface area (Å²) in [4.78, 5) is 15.7. The number of aromatic nitrogens is 2. The maximum absolute atomic E-state index is 10.6.